The Morgan fingerprint density at radius 2 is 2.10 bits per heavy atom. The number of anilines is 1. The van der Waals surface area contributed by atoms with Crippen LogP contribution >= 0.6 is 0 Å². The molecule has 3 unspecified atom stereocenters. The Labute approximate surface area is 125 Å². The minimum atomic E-state index is -0.450. The second-order valence-electron chi connectivity index (χ2n) is 5.82. The Balaban J connectivity index is 1.93. The summed E-state index contributed by atoms with van der Waals surface area (Å²) in [6.07, 6.45) is 4.32. The van der Waals surface area contributed by atoms with E-state index in [9.17, 15) is 9.90 Å². The number of rotatable bonds is 3. The summed E-state index contributed by atoms with van der Waals surface area (Å²) in [6.45, 7) is 1.90. The summed E-state index contributed by atoms with van der Waals surface area (Å²) in [5, 5.41) is 15.7. The number of urea groups is 1. The first kappa shape index (κ1) is 15.8. The van der Waals surface area contributed by atoms with Crippen molar-refractivity contribution >= 4 is 11.7 Å². The molecule has 0 spiro atoms. The SMILES string of the molecule is CC(N)c1cccc(NC(=O)NC2CCCCCC2O)c1. The molecular formula is C16H25N3O2. The molecule has 0 aliphatic heterocycles. The van der Waals surface area contributed by atoms with Crippen LogP contribution in [0.3, 0.4) is 0 Å². The van der Waals surface area contributed by atoms with E-state index in [-0.39, 0.29) is 18.1 Å². The topological polar surface area (TPSA) is 87.4 Å². The van der Waals surface area contributed by atoms with Crippen molar-refractivity contribution in [2.24, 2.45) is 5.73 Å². The van der Waals surface area contributed by atoms with E-state index >= 15 is 0 Å². The molecule has 116 valence electrons. The Morgan fingerprint density at radius 3 is 2.86 bits per heavy atom. The summed E-state index contributed by atoms with van der Waals surface area (Å²) in [5.41, 5.74) is 7.52. The number of amides is 2. The fourth-order valence-electron chi connectivity index (χ4n) is 2.69. The molecule has 0 heterocycles. The van der Waals surface area contributed by atoms with Gasteiger partial charge in [-0.15, -0.1) is 0 Å². The molecule has 2 rings (SSSR count). The van der Waals surface area contributed by atoms with Crippen LogP contribution < -0.4 is 16.4 Å². The number of aliphatic hydroxyl groups is 1. The third kappa shape index (κ3) is 4.72. The number of nitrogens with one attached hydrogen (secondary N) is 2. The Morgan fingerprint density at radius 1 is 1.33 bits per heavy atom. The van der Waals surface area contributed by atoms with Crippen molar-refractivity contribution in [1.82, 2.24) is 5.32 Å². The number of benzene rings is 1. The molecule has 5 N–H and O–H groups in total. The van der Waals surface area contributed by atoms with Crippen LogP contribution in [-0.4, -0.2) is 23.3 Å². The van der Waals surface area contributed by atoms with E-state index in [0.717, 1.165) is 37.7 Å². The zero-order valence-corrected chi connectivity index (χ0v) is 12.5. The molecule has 0 saturated heterocycles. The van der Waals surface area contributed by atoms with Gasteiger partial charge in [-0.1, -0.05) is 31.4 Å². The molecule has 5 heteroatoms. The maximum atomic E-state index is 12.1. The van der Waals surface area contributed by atoms with E-state index in [4.69, 9.17) is 5.73 Å². The molecule has 5 nitrogen and oxygen atoms in total. The normalized spacial score (nSPS) is 24.0. The van der Waals surface area contributed by atoms with Gasteiger partial charge >= 0.3 is 6.03 Å². The van der Waals surface area contributed by atoms with Crippen LogP contribution in [0.4, 0.5) is 10.5 Å². The molecule has 3 atom stereocenters. The van der Waals surface area contributed by atoms with Gasteiger partial charge in [-0.25, -0.2) is 4.79 Å². The number of hydrogen-bond donors (Lipinski definition) is 4. The number of carbonyl (C=O) groups is 1. The van der Waals surface area contributed by atoms with E-state index in [1.807, 2.05) is 31.2 Å². The summed E-state index contributed by atoms with van der Waals surface area (Å²) in [7, 11) is 0. The molecule has 1 aliphatic rings. The first-order chi connectivity index (χ1) is 10.1. The molecular weight excluding hydrogens is 266 g/mol. The first-order valence-electron chi connectivity index (χ1n) is 7.67. The number of nitrogens with two attached hydrogens (primary N) is 1. The van der Waals surface area contributed by atoms with Crippen LogP contribution in [0, 0.1) is 0 Å². The summed E-state index contributed by atoms with van der Waals surface area (Å²) in [6, 6.07) is 6.99. The third-order valence-corrected chi connectivity index (χ3v) is 3.97. The van der Waals surface area contributed by atoms with E-state index in [2.05, 4.69) is 10.6 Å². The van der Waals surface area contributed by atoms with E-state index in [1.165, 1.54) is 0 Å². The van der Waals surface area contributed by atoms with Crippen LogP contribution in [0.5, 0.6) is 0 Å². The smallest absolute Gasteiger partial charge is 0.319 e. The second kappa shape index (κ2) is 7.43. The highest BCUT2D eigenvalue weighted by molar-refractivity contribution is 5.89. The molecule has 21 heavy (non-hydrogen) atoms. The highest BCUT2D eigenvalue weighted by Gasteiger charge is 2.23. The second-order valence-corrected chi connectivity index (χ2v) is 5.82. The van der Waals surface area contributed by atoms with Crippen molar-refractivity contribution in [1.29, 1.82) is 0 Å². The zero-order chi connectivity index (χ0) is 15.2. The molecule has 0 bridgehead atoms. The molecule has 1 fully saturated rings. The first-order valence-corrected chi connectivity index (χ1v) is 7.67. The summed E-state index contributed by atoms with van der Waals surface area (Å²) in [5.74, 6) is 0. The van der Waals surface area contributed by atoms with Gasteiger partial charge in [0, 0.05) is 11.7 Å². The van der Waals surface area contributed by atoms with Crippen molar-refractivity contribution in [3.05, 3.63) is 29.8 Å². The van der Waals surface area contributed by atoms with Crippen LogP contribution in [0.2, 0.25) is 0 Å². The van der Waals surface area contributed by atoms with Crippen molar-refractivity contribution in [2.75, 3.05) is 5.32 Å². The molecule has 1 aromatic carbocycles. The molecule has 1 aliphatic carbocycles. The quantitative estimate of drug-likeness (QED) is 0.645. The fourth-order valence-corrected chi connectivity index (χ4v) is 2.69. The highest BCUT2D eigenvalue weighted by Crippen LogP contribution is 2.19. The third-order valence-electron chi connectivity index (χ3n) is 3.97. The molecule has 1 aromatic rings. The monoisotopic (exact) mass is 291 g/mol. The zero-order valence-electron chi connectivity index (χ0n) is 12.5. The van der Waals surface area contributed by atoms with E-state index in [0.29, 0.717) is 5.69 Å². The maximum Gasteiger partial charge on any atom is 0.319 e. The lowest BCUT2D eigenvalue weighted by Gasteiger charge is -2.22. The average Bonchev–Trinajstić information content (AvgIpc) is 2.64. The van der Waals surface area contributed by atoms with Crippen LogP contribution in [-0.2, 0) is 0 Å². The maximum absolute atomic E-state index is 12.1. The van der Waals surface area contributed by atoms with Crippen LogP contribution in [0.25, 0.3) is 0 Å². The van der Waals surface area contributed by atoms with E-state index < -0.39 is 6.10 Å². The van der Waals surface area contributed by atoms with Gasteiger partial charge in [0.1, 0.15) is 0 Å². The van der Waals surface area contributed by atoms with Gasteiger partial charge in [-0.2, -0.15) is 0 Å². The Hall–Kier alpha value is -1.59. The number of hydrogen-bond acceptors (Lipinski definition) is 3. The van der Waals surface area contributed by atoms with Gasteiger partial charge in [0.2, 0.25) is 0 Å². The average molecular weight is 291 g/mol. The standard InChI is InChI=1S/C16H25N3O2/c1-11(17)12-6-5-7-13(10-12)18-16(21)19-14-8-3-2-4-9-15(14)20/h5-7,10-11,14-15,20H,2-4,8-9,17H2,1H3,(H2,18,19,21). The van der Waals surface area contributed by atoms with Gasteiger partial charge in [0.05, 0.1) is 12.1 Å². The fraction of sp³-hybridized carbons (Fsp3) is 0.562. The number of carbonyl (C=O) groups excluding carboxylic acids is 1. The lowest BCUT2D eigenvalue weighted by Crippen LogP contribution is -2.44. The Bertz CT molecular complexity index is 476. The molecule has 2 amide bonds. The minimum absolute atomic E-state index is 0.0708. The van der Waals surface area contributed by atoms with Gasteiger partial charge in [-0.05, 0) is 37.5 Å². The Kier molecular flexibility index (Phi) is 5.59. The van der Waals surface area contributed by atoms with Crippen molar-refractivity contribution < 1.29 is 9.90 Å². The molecule has 1 saturated carbocycles. The largest absolute Gasteiger partial charge is 0.391 e. The minimum Gasteiger partial charge on any atom is -0.391 e. The van der Waals surface area contributed by atoms with Crippen LogP contribution in [0.1, 0.15) is 50.6 Å². The van der Waals surface area contributed by atoms with Crippen LogP contribution in [0.15, 0.2) is 24.3 Å². The lowest BCUT2D eigenvalue weighted by atomic mass is 10.1. The predicted molar refractivity (Wildman–Crippen MR) is 84.1 cm³/mol. The van der Waals surface area contributed by atoms with Gasteiger partial charge in [-0.3, -0.25) is 0 Å². The molecule has 0 aromatic heterocycles. The van der Waals surface area contributed by atoms with Gasteiger partial charge in [0.15, 0.2) is 0 Å². The highest BCUT2D eigenvalue weighted by atomic mass is 16.3. The van der Waals surface area contributed by atoms with Crippen molar-refractivity contribution in [3.63, 3.8) is 0 Å². The predicted octanol–water partition coefficient (Wildman–Crippen LogP) is 2.52. The summed E-state index contributed by atoms with van der Waals surface area (Å²) < 4.78 is 0. The van der Waals surface area contributed by atoms with Gasteiger partial charge in [0.25, 0.3) is 0 Å². The molecule has 0 radical (unpaired) electrons. The van der Waals surface area contributed by atoms with E-state index in [1.54, 1.807) is 0 Å². The van der Waals surface area contributed by atoms with Crippen molar-refractivity contribution in [2.45, 2.75) is 57.2 Å². The van der Waals surface area contributed by atoms with Crippen molar-refractivity contribution in [3.8, 4) is 0 Å². The lowest BCUT2D eigenvalue weighted by molar-refractivity contribution is 0.124. The summed E-state index contributed by atoms with van der Waals surface area (Å²) >= 11 is 0. The number of aliphatic hydroxyl groups excluding tert-OH is 1. The summed E-state index contributed by atoms with van der Waals surface area (Å²) in [4.78, 5) is 12.1. The van der Waals surface area contributed by atoms with Gasteiger partial charge < -0.3 is 21.5 Å².